The third-order valence-corrected chi connectivity index (χ3v) is 5.28. The van der Waals surface area contributed by atoms with Gasteiger partial charge in [0.25, 0.3) is 0 Å². The number of hydrogen-bond acceptors (Lipinski definition) is 2. The first-order chi connectivity index (χ1) is 7.88. The van der Waals surface area contributed by atoms with Gasteiger partial charge in [0.2, 0.25) is 0 Å². The Labute approximate surface area is 124 Å². The van der Waals surface area contributed by atoms with E-state index in [2.05, 4.69) is 10.2 Å². The monoisotopic (exact) mass is 294 g/mol. The first-order valence-corrected chi connectivity index (χ1v) is 7.33. The van der Waals surface area contributed by atoms with Crippen LogP contribution in [0.4, 0.5) is 0 Å². The van der Waals surface area contributed by atoms with Crippen molar-refractivity contribution in [2.75, 3.05) is 26.2 Å². The molecule has 3 rings (SSSR count). The van der Waals surface area contributed by atoms with Crippen LogP contribution in [0.2, 0.25) is 0 Å². The Balaban J connectivity index is 0.000000810. The molecule has 0 unspecified atom stereocenters. The Kier molecular flexibility index (Phi) is 6.74. The lowest BCUT2D eigenvalue weighted by molar-refractivity contribution is 0.0681. The summed E-state index contributed by atoms with van der Waals surface area (Å²) in [5.74, 6) is 0. The number of hydrogen-bond donors (Lipinski definition) is 1. The largest absolute Gasteiger partial charge is 0.316 e. The summed E-state index contributed by atoms with van der Waals surface area (Å²) < 4.78 is 0. The van der Waals surface area contributed by atoms with Crippen LogP contribution < -0.4 is 5.32 Å². The number of halogens is 2. The van der Waals surface area contributed by atoms with Crippen molar-refractivity contribution >= 4 is 24.8 Å². The van der Waals surface area contributed by atoms with E-state index in [0.29, 0.717) is 5.41 Å². The van der Waals surface area contributed by atoms with Crippen LogP contribution in [0.5, 0.6) is 0 Å². The molecule has 2 nitrogen and oxygen atoms in total. The Morgan fingerprint density at radius 1 is 0.889 bits per heavy atom. The highest BCUT2D eigenvalue weighted by Crippen LogP contribution is 2.38. The molecule has 2 aliphatic heterocycles. The van der Waals surface area contributed by atoms with Crippen LogP contribution in [0.3, 0.4) is 0 Å². The molecular formula is C14H28Cl2N2. The third kappa shape index (κ3) is 3.53. The molecule has 0 bridgehead atoms. The molecule has 4 heteroatoms. The number of likely N-dealkylation sites (tertiary alicyclic amines) is 1. The maximum Gasteiger partial charge on any atom is 0.00952 e. The van der Waals surface area contributed by atoms with Crippen molar-refractivity contribution in [2.24, 2.45) is 5.41 Å². The fourth-order valence-electron chi connectivity index (χ4n) is 4.03. The first kappa shape index (κ1) is 16.6. The van der Waals surface area contributed by atoms with Crippen LogP contribution in [0.15, 0.2) is 0 Å². The quantitative estimate of drug-likeness (QED) is 0.799. The van der Waals surface area contributed by atoms with Gasteiger partial charge in [0.1, 0.15) is 0 Å². The van der Waals surface area contributed by atoms with Gasteiger partial charge in [0.15, 0.2) is 0 Å². The minimum Gasteiger partial charge on any atom is -0.316 e. The van der Waals surface area contributed by atoms with Gasteiger partial charge in [-0.05, 0) is 57.2 Å². The molecule has 0 aromatic carbocycles. The summed E-state index contributed by atoms with van der Waals surface area (Å²) in [4.78, 5) is 2.81. The van der Waals surface area contributed by atoms with Crippen LogP contribution in [-0.2, 0) is 0 Å². The van der Waals surface area contributed by atoms with Gasteiger partial charge in [0.05, 0.1) is 0 Å². The van der Waals surface area contributed by atoms with Crippen molar-refractivity contribution in [2.45, 2.75) is 57.4 Å². The maximum absolute atomic E-state index is 3.56. The molecule has 3 fully saturated rings. The van der Waals surface area contributed by atoms with Crippen LogP contribution in [0.25, 0.3) is 0 Å². The van der Waals surface area contributed by atoms with E-state index in [9.17, 15) is 0 Å². The SMILES string of the molecule is C1CCC(N2CCC3(CCNC3)CC2)CC1.Cl.Cl. The first-order valence-electron chi connectivity index (χ1n) is 7.33. The Bertz CT molecular complexity index is 226. The second kappa shape index (κ2) is 7.33. The average Bonchev–Trinajstić information content (AvgIpc) is 2.80. The van der Waals surface area contributed by atoms with E-state index < -0.39 is 0 Å². The molecule has 0 radical (unpaired) electrons. The number of piperidine rings is 1. The predicted octanol–water partition coefficient (Wildman–Crippen LogP) is 3.24. The fourth-order valence-corrected chi connectivity index (χ4v) is 4.03. The topological polar surface area (TPSA) is 15.3 Å². The van der Waals surface area contributed by atoms with Crippen LogP contribution >= 0.6 is 24.8 Å². The molecule has 2 heterocycles. The summed E-state index contributed by atoms with van der Waals surface area (Å²) in [6, 6.07) is 0.945. The van der Waals surface area contributed by atoms with Gasteiger partial charge in [0, 0.05) is 12.6 Å². The number of nitrogens with zero attached hydrogens (tertiary/aromatic N) is 1. The fraction of sp³-hybridized carbons (Fsp3) is 1.00. The normalized spacial score (nSPS) is 28.7. The lowest BCUT2D eigenvalue weighted by Gasteiger charge is -2.43. The van der Waals surface area contributed by atoms with Crippen LogP contribution in [0, 0.1) is 5.41 Å². The third-order valence-electron chi connectivity index (χ3n) is 5.28. The molecule has 1 spiro atoms. The van der Waals surface area contributed by atoms with E-state index in [1.807, 2.05) is 0 Å². The van der Waals surface area contributed by atoms with Gasteiger partial charge in [-0.15, -0.1) is 24.8 Å². The van der Waals surface area contributed by atoms with Crippen LogP contribution in [0.1, 0.15) is 51.4 Å². The zero-order valence-corrected chi connectivity index (χ0v) is 13.0. The summed E-state index contributed by atoms with van der Waals surface area (Å²) >= 11 is 0. The molecule has 0 atom stereocenters. The lowest BCUT2D eigenvalue weighted by Crippen LogP contribution is -2.46. The van der Waals surface area contributed by atoms with Gasteiger partial charge < -0.3 is 10.2 Å². The maximum atomic E-state index is 3.56. The second-order valence-electron chi connectivity index (χ2n) is 6.25. The van der Waals surface area contributed by atoms with Crippen molar-refractivity contribution in [3.63, 3.8) is 0 Å². The summed E-state index contributed by atoms with van der Waals surface area (Å²) in [5, 5.41) is 3.56. The van der Waals surface area contributed by atoms with Crippen molar-refractivity contribution in [3.8, 4) is 0 Å². The molecule has 108 valence electrons. The van der Waals surface area contributed by atoms with Gasteiger partial charge in [-0.1, -0.05) is 19.3 Å². The predicted molar refractivity (Wildman–Crippen MR) is 82.1 cm³/mol. The van der Waals surface area contributed by atoms with Crippen LogP contribution in [-0.4, -0.2) is 37.1 Å². The lowest BCUT2D eigenvalue weighted by atomic mass is 9.77. The molecule has 1 aliphatic carbocycles. The van der Waals surface area contributed by atoms with Gasteiger partial charge in [-0.25, -0.2) is 0 Å². The van der Waals surface area contributed by atoms with Gasteiger partial charge >= 0.3 is 0 Å². The van der Waals surface area contributed by atoms with Crippen molar-refractivity contribution in [3.05, 3.63) is 0 Å². The highest BCUT2D eigenvalue weighted by Gasteiger charge is 2.38. The highest BCUT2D eigenvalue weighted by molar-refractivity contribution is 5.85. The Hall–Kier alpha value is 0.500. The van der Waals surface area contributed by atoms with Crippen molar-refractivity contribution < 1.29 is 0 Å². The molecule has 18 heavy (non-hydrogen) atoms. The van der Waals surface area contributed by atoms with Crippen molar-refractivity contribution in [1.29, 1.82) is 0 Å². The molecule has 2 saturated heterocycles. The minimum atomic E-state index is 0. The molecule has 0 aromatic rings. The zero-order valence-electron chi connectivity index (χ0n) is 11.3. The second-order valence-corrected chi connectivity index (χ2v) is 6.25. The van der Waals surface area contributed by atoms with E-state index in [-0.39, 0.29) is 24.8 Å². The van der Waals surface area contributed by atoms with E-state index in [0.717, 1.165) is 6.04 Å². The van der Waals surface area contributed by atoms with E-state index in [4.69, 9.17) is 0 Å². The Morgan fingerprint density at radius 3 is 2.11 bits per heavy atom. The molecular weight excluding hydrogens is 267 g/mol. The van der Waals surface area contributed by atoms with Crippen molar-refractivity contribution in [1.82, 2.24) is 10.2 Å². The van der Waals surface area contributed by atoms with E-state index >= 15 is 0 Å². The molecule has 0 amide bonds. The average molecular weight is 295 g/mol. The number of rotatable bonds is 1. The molecule has 1 saturated carbocycles. The van der Waals surface area contributed by atoms with Gasteiger partial charge in [-0.3, -0.25) is 0 Å². The summed E-state index contributed by atoms with van der Waals surface area (Å²) in [7, 11) is 0. The molecule has 1 N–H and O–H groups in total. The van der Waals surface area contributed by atoms with Gasteiger partial charge in [-0.2, -0.15) is 0 Å². The summed E-state index contributed by atoms with van der Waals surface area (Å²) in [5.41, 5.74) is 0.700. The molecule has 0 aromatic heterocycles. The summed E-state index contributed by atoms with van der Waals surface area (Å²) in [6.07, 6.45) is 11.7. The highest BCUT2D eigenvalue weighted by atomic mass is 35.5. The molecule has 3 aliphatic rings. The number of nitrogens with one attached hydrogen (secondary N) is 1. The summed E-state index contributed by atoms with van der Waals surface area (Å²) in [6.45, 7) is 5.33. The standard InChI is InChI=1S/C14H26N2.2ClH/c1-2-4-13(5-3-1)16-10-7-14(8-11-16)6-9-15-12-14;;/h13,15H,1-12H2;2*1H. The minimum absolute atomic E-state index is 0. The Morgan fingerprint density at radius 2 is 1.56 bits per heavy atom. The smallest absolute Gasteiger partial charge is 0.00952 e. The zero-order chi connectivity index (χ0) is 10.8. The van der Waals surface area contributed by atoms with E-state index in [1.54, 1.807) is 0 Å². The van der Waals surface area contributed by atoms with E-state index in [1.165, 1.54) is 77.5 Å².